The number of carbonyl (C=O) groups excluding carboxylic acids is 1. The van der Waals surface area contributed by atoms with Gasteiger partial charge in [0, 0.05) is 18.5 Å². The highest BCUT2D eigenvalue weighted by Gasteiger charge is 2.49. The molecule has 3 aliphatic rings. The highest BCUT2D eigenvalue weighted by atomic mass is 16.1. The number of amides is 1. The van der Waals surface area contributed by atoms with Gasteiger partial charge in [0.25, 0.3) is 0 Å². The van der Waals surface area contributed by atoms with Crippen LogP contribution in [0.15, 0.2) is 30.3 Å². The van der Waals surface area contributed by atoms with Crippen LogP contribution in [0.4, 0.5) is 0 Å². The van der Waals surface area contributed by atoms with Crippen molar-refractivity contribution in [3.05, 3.63) is 35.9 Å². The molecule has 28 heavy (non-hydrogen) atoms. The summed E-state index contributed by atoms with van der Waals surface area (Å²) in [7, 11) is 0. The van der Waals surface area contributed by atoms with Crippen LogP contribution in [0, 0.1) is 11.3 Å². The van der Waals surface area contributed by atoms with Crippen LogP contribution in [-0.4, -0.2) is 18.0 Å². The average Bonchev–Trinajstić information content (AvgIpc) is 2.68. The number of hydrogen-bond donors (Lipinski definition) is 2. The topological polar surface area (TPSA) is 55.1 Å². The zero-order chi connectivity index (χ0) is 19.6. The monoisotopic (exact) mass is 382 g/mol. The van der Waals surface area contributed by atoms with E-state index in [9.17, 15) is 4.79 Å². The molecule has 1 amide bonds. The Bertz CT molecular complexity index is 666. The number of carbonyl (C=O) groups is 1. The minimum absolute atomic E-state index is 0.259. The molecule has 3 saturated carbocycles. The second-order valence-corrected chi connectivity index (χ2v) is 10.5. The van der Waals surface area contributed by atoms with E-state index in [-0.39, 0.29) is 5.91 Å². The van der Waals surface area contributed by atoms with Crippen LogP contribution < -0.4 is 11.1 Å². The van der Waals surface area contributed by atoms with E-state index >= 15 is 0 Å². The number of fused-ring (bicyclic) bond motifs is 2. The summed E-state index contributed by atoms with van der Waals surface area (Å²) >= 11 is 0. The molecule has 0 aliphatic heterocycles. The Morgan fingerprint density at radius 2 is 1.86 bits per heavy atom. The van der Waals surface area contributed by atoms with Crippen molar-refractivity contribution in [2.24, 2.45) is 17.1 Å². The van der Waals surface area contributed by atoms with Crippen molar-refractivity contribution in [1.82, 2.24) is 5.32 Å². The first-order chi connectivity index (χ1) is 13.5. The molecule has 3 N–H and O–H groups in total. The first kappa shape index (κ1) is 19.9. The third-order valence-electron chi connectivity index (χ3n) is 7.96. The van der Waals surface area contributed by atoms with Crippen molar-refractivity contribution >= 4 is 5.91 Å². The van der Waals surface area contributed by atoms with Crippen molar-refractivity contribution in [3.63, 3.8) is 0 Å². The van der Waals surface area contributed by atoms with Gasteiger partial charge in [0.05, 0.1) is 0 Å². The van der Waals surface area contributed by atoms with Crippen LogP contribution in [0.1, 0.15) is 89.5 Å². The van der Waals surface area contributed by atoms with Gasteiger partial charge >= 0.3 is 0 Å². The van der Waals surface area contributed by atoms with Gasteiger partial charge in [-0.15, -0.1) is 0 Å². The van der Waals surface area contributed by atoms with Gasteiger partial charge in [-0.05, 0) is 86.5 Å². The van der Waals surface area contributed by atoms with Crippen LogP contribution in [0.3, 0.4) is 0 Å². The second kappa shape index (κ2) is 8.18. The first-order valence-corrected chi connectivity index (χ1v) is 11.6. The molecule has 4 rings (SSSR count). The molecule has 154 valence electrons. The predicted molar refractivity (Wildman–Crippen MR) is 115 cm³/mol. The Labute approximate surface area is 170 Å². The van der Waals surface area contributed by atoms with Crippen molar-refractivity contribution in [2.75, 3.05) is 0 Å². The fraction of sp³-hybridized carbons (Fsp3) is 0.720. The molecule has 3 heteroatoms. The highest BCUT2D eigenvalue weighted by molar-refractivity contribution is 5.76. The molecule has 0 saturated heterocycles. The van der Waals surface area contributed by atoms with Gasteiger partial charge in [-0.2, -0.15) is 0 Å². The lowest BCUT2D eigenvalue weighted by atomic mass is 9.50. The molecule has 1 unspecified atom stereocenters. The maximum absolute atomic E-state index is 12.6. The van der Waals surface area contributed by atoms with Crippen LogP contribution in [0.2, 0.25) is 0 Å². The summed E-state index contributed by atoms with van der Waals surface area (Å²) in [6, 6.07) is 11.9. The number of hydrogen-bond acceptors (Lipinski definition) is 2. The average molecular weight is 383 g/mol. The standard InChI is InChI=1S/C25H38N2O/c1-24-14-5-15-25(18-24,20-6-3-2-4-7-20)17-19(16-24)8-13-23(28)27-22-11-9-21(26)10-12-22/h2-4,6-7,19,21-22H,5,8-18,26H2,1H3,(H,27,28)/t19?,21?,22?,24-,25-/m0/s1. The molecule has 3 atom stereocenters. The fourth-order valence-electron chi connectivity index (χ4n) is 6.78. The number of rotatable bonds is 5. The van der Waals surface area contributed by atoms with Gasteiger partial charge in [0.2, 0.25) is 5.91 Å². The van der Waals surface area contributed by atoms with E-state index in [1.165, 1.54) is 44.1 Å². The smallest absolute Gasteiger partial charge is 0.220 e. The molecule has 0 radical (unpaired) electrons. The fourth-order valence-corrected chi connectivity index (χ4v) is 6.78. The quantitative estimate of drug-likeness (QED) is 0.746. The third kappa shape index (κ3) is 4.45. The summed E-state index contributed by atoms with van der Waals surface area (Å²) in [5, 5.41) is 3.29. The lowest BCUT2D eigenvalue weighted by Crippen LogP contribution is -2.45. The van der Waals surface area contributed by atoms with Gasteiger partial charge in [-0.3, -0.25) is 4.79 Å². The van der Waals surface area contributed by atoms with Crippen molar-refractivity contribution in [3.8, 4) is 0 Å². The maximum atomic E-state index is 12.6. The number of benzene rings is 1. The normalized spacial score (nSPS) is 38.0. The Balaban J connectivity index is 1.36. The predicted octanol–water partition coefficient (Wildman–Crippen LogP) is 5.08. The molecular formula is C25H38N2O. The van der Waals surface area contributed by atoms with Crippen LogP contribution in [0.25, 0.3) is 0 Å². The molecule has 3 nitrogen and oxygen atoms in total. The zero-order valence-electron chi connectivity index (χ0n) is 17.6. The molecule has 0 aromatic heterocycles. The molecule has 0 heterocycles. The zero-order valence-corrected chi connectivity index (χ0v) is 17.6. The molecule has 1 aromatic carbocycles. The second-order valence-electron chi connectivity index (χ2n) is 10.5. The van der Waals surface area contributed by atoms with Gasteiger partial charge in [0.1, 0.15) is 0 Å². The summed E-state index contributed by atoms with van der Waals surface area (Å²) in [5.74, 6) is 0.930. The Hall–Kier alpha value is -1.35. The van der Waals surface area contributed by atoms with E-state index in [4.69, 9.17) is 5.73 Å². The van der Waals surface area contributed by atoms with E-state index in [1.807, 2.05) is 0 Å². The largest absolute Gasteiger partial charge is 0.353 e. The van der Waals surface area contributed by atoms with Crippen LogP contribution >= 0.6 is 0 Å². The van der Waals surface area contributed by atoms with Gasteiger partial charge < -0.3 is 11.1 Å². The van der Waals surface area contributed by atoms with E-state index in [1.54, 1.807) is 0 Å². The summed E-state index contributed by atoms with van der Waals surface area (Å²) in [4.78, 5) is 12.6. The molecule has 1 aromatic rings. The minimum Gasteiger partial charge on any atom is -0.353 e. The van der Waals surface area contributed by atoms with Crippen LogP contribution in [-0.2, 0) is 10.2 Å². The lowest BCUT2D eigenvalue weighted by molar-refractivity contribution is -0.122. The summed E-state index contributed by atoms with van der Waals surface area (Å²) in [6.07, 6.45) is 13.8. The van der Waals surface area contributed by atoms with Gasteiger partial charge in [0.15, 0.2) is 0 Å². The van der Waals surface area contributed by atoms with E-state index < -0.39 is 0 Å². The maximum Gasteiger partial charge on any atom is 0.220 e. The third-order valence-corrected chi connectivity index (χ3v) is 7.96. The Morgan fingerprint density at radius 3 is 2.61 bits per heavy atom. The SMILES string of the molecule is C[C@]12CCC[C@](c3ccccc3)(CC(CCC(=O)NC3CCC(N)CC3)C1)C2. The van der Waals surface area contributed by atoms with Gasteiger partial charge in [-0.25, -0.2) is 0 Å². The van der Waals surface area contributed by atoms with E-state index in [0.717, 1.165) is 32.1 Å². The molecular weight excluding hydrogens is 344 g/mol. The Morgan fingerprint density at radius 1 is 1.11 bits per heavy atom. The Kier molecular flexibility index (Phi) is 5.83. The van der Waals surface area contributed by atoms with Crippen molar-refractivity contribution < 1.29 is 4.79 Å². The van der Waals surface area contributed by atoms with Gasteiger partial charge in [-0.1, -0.05) is 43.7 Å². The minimum atomic E-state index is 0.259. The van der Waals surface area contributed by atoms with E-state index in [0.29, 0.717) is 35.3 Å². The summed E-state index contributed by atoms with van der Waals surface area (Å²) in [5.41, 5.74) is 8.32. The molecule has 0 spiro atoms. The lowest BCUT2D eigenvalue weighted by Gasteiger charge is -2.54. The first-order valence-electron chi connectivity index (χ1n) is 11.6. The number of nitrogens with two attached hydrogens (primary N) is 1. The molecule has 2 bridgehead atoms. The van der Waals surface area contributed by atoms with Crippen LogP contribution in [0.5, 0.6) is 0 Å². The van der Waals surface area contributed by atoms with Crippen molar-refractivity contribution in [1.29, 1.82) is 0 Å². The molecule has 3 aliphatic carbocycles. The highest BCUT2D eigenvalue weighted by Crippen LogP contribution is 2.58. The molecule has 3 fully saturated rings. The summed E-state index contributed by atoms with van der Waals surface area (Å²) < 4.78 is 0. The number of nitrogens with one attached hydrogen (secondary N) is 1. The summed E-state index contributed by atoms with van der Waals surface area (Å²) in [6.45, 7) is 2.50. The van der Waals surface area contributed by atoms with E-state index in [2.05, 4.69) is 42.6 Å². The van der Waals surface area contributed by atoms with Crippen molar-refractivity contribution in [2.45, 2.75) is 101 Å².